The number of aryl methyl sites for hydroxylation is 3. The first-order valence-corrected chi connectivity index (χ1v) is 12.8. The van der Waals surface area contributed by atoms with E-state index in [0.717, 1.165) is 59.1 Å². The van der Waals surface area contributed by atoms with Crippen LogP contribution in [0.4, 0.5) is 0 Å². The maximum atomic E-state index is 13.9. The topological polar surface area (TPSA) is 64.0 Å². The Hall–Kier alpha value is -2.12. The van der Waals surface area contributed by atoms with Gasteiger partial charge < -0.3 is 5.32 Å². The minimum atomic E-state index is -0.00384. The molecule has 1 fully saturated rings. The van der Waals surface area contributed by atoms with Crippen LogP contribution in [0, 0.1) is 19.8 Å². The fourth-order valence-corrected chi connectivity index (χ4v) is 6.51. The number of carbonyl (C=O) groups excluding carboxylic acids is 1. The lowest BCUT2D eigenvalue weighted by Gasteiger charge is -2.18. The molecular weight excluding hydrogens is 426 g/mol. The van der Waals surface area contributed by atoms with Crippen molar-refractivity contribution in [1.29, 1.82) is 0 Å². The van der Waals surface area contributed by atoms with Crippen molar-refractivity contribution in [3.05, 3.63) is 50.1 Å². The third-order valence-corrected chi connectivity index (χ3v) is 8.27. The molecule has 1 amide bonds. The summed E-state index contributed by atoms with van der Waals surface area (Å²) in [5.74, 6) is 0.914. The summed E-state index contributed by atoms with van der Waals surface area (Å²) in [7, 11) is 0. The van der Waals surface area contributed by atoms with Crippen molar-refractivity contribution >= 4 is 39.2 Å². The molecule has 0 bridgehead atoms. The summed E-state index contributed by atoms with van der Waals surface area (Å²) in [6.45, 7) is 6.32. The zero-order valence-corrected chi connectivity index (χ0v) is 19.8. The van der Waals surface area contributed by atoms with E-state index in [1.54, 1.807) is 15.9 Å². The molecule has 2 aliphatic rings. The standard InChI is InChI=1S/C24H27N3O2S2/c1-13-4-6-15(3)18(10-13)27-23(29)21-17-9-5-14(2)11-19(17)31-22(21)26-24(27)30-12-20(28)25-16-7-8-16/h4,6,10,14,16H,5,7-9,11-12H2,1-3H3,(H,25,28)/t14-/m0/s1. The molecule has 31 heavy (non-hydrogen) atoms. The first-order chi connectivity index (χ1) is 14.9. The zero-order chi connectivity index (χ0) is 21.7. The normalized spacial score (nSPS) is 18.2. The molecule has 1 aromatic carbocycles. The summed E-state index contributed by atoms with van der Waals surface area (Å²) in [6.07, 6.45) is 5.20. The van der Waals surface area contributed by atoms with Crippen molar-refractivity contribution in [2.24, 2.45) is 5.92 Å². The van der Waals surface area contributed by atoms with Crippen LogP contribution in [0.3, 0.4) is 0 Å². The van der Waals surface area contributed by atoms with Gasteiger partial charge in [0.05, 0.1) is 16.8 Å². The van der Waals surface area contributed by atoms with Crippen LogP contribution in [0.2, 0.25) is 0 Å². The lowest BCUT2D eigenvalue weighted by atomic mass is 9.89. The number of nitrogens with zero attached hydrogens (tertiary/aromatic N) is 2. The molecule has 0 aliphatic heterocycles. The van der Waals surface area contributed by atoms with Crippen LogP contribution in [-0.4, -0.2) is 27.3 Å². The number of carbonyl (C=O) groups is 1. The van der Waals surface area contributed by atoms with Gasteiger partial charge in [0.15, 0.2) is 5.16 Å². The van der Waals surface area contributed by atoms with E-state index in [1.807, 2.05) is 26.0 Å². The second-order valence-corrected chi connectivity index (χ2v) is 11.0. The molecule has 0 radical (unpaired) electrons. The smallest absolute Gasteiger partial charge is 0.267 e. The van der Waals surface area contributed by atoms with Crippen molar-refractivity contribution in [3.63, 3.8) is 0 Å². The minimum Gasteiger partial charge on any atom is -0.353 e. The van der Waals surface area contributed by atoms with Crippen LogP contribution in [0.15, 0.2) is 28.2 Å². The number of fused-ring (bicyclic) bond motifs is 3. The van der Waals surface area contributed by atoms with Crippen molar-refractivity contribution in [3.8, 4) is 5.69 Å². The molecule has 2 heterocycles. The highest BCUT2D eigenvalue weighted by atomic mass is 32.2. The van der Waals surface area contributed by atoms with Crippen LogP contribution >= 0.6 is 23.1 Å². The van der Waals surface area contributed by atoms with E-state index in [0.29, 0.717) is 17.1 Å². The highest BCUT2D eigenvalue weighted by molar-refractivity contribution is 7.99. The molecule has 1 atom stereocenters. The van der Waals surface area contributed by atoms with E-state index >= 15 is 0 Å². The Balaban J connectivity index is 1.65. The van der Waals surface area contributed by atoms with Crippen molar-refractivity contribution in [1.82, 2.24) is 14.9 Å². The van der Waals surface area contributed by atoms with Gasteiger partial charge in [-0.2, -0.15) is 0 Å². The van der Waals surface area contributed by atoms with E-state index in [9.17, 15) is 9.59 Å². The maximum Gasteiger partial charge on any atom is 0.267 e. The molecule has 3 aromatic rings. The number of benzene rings is 1. The Labute approximate surface area is 190 Å². The molecule has 0 saturated heterocycles. The fraction of sp³-hybridized carbons (Fsp3) is 0.458. The zero-order valence-electron chi connectivity index (χ0n) is 18.2. The Kier molecular flexibility index (Phi) is 5.42. The van der Waals surface area contributed by atoms with E-state index in [-0.39, 0.29) is 17.2 Å². The fourth-order valence-electron chi connectivity index (χ4n) is 4.27. The SMILES string of the molecule is Cc1ccc(C)c(-n2c(SCC(=O)NC3CC3)nc3sc4c(c3c2=O)CC[C@H](C)C4)c1. The Morgan fingerprint density at radius 2 is 2.10 bits per heavy atom. The second-order valence-electron chi connectivity index (χ2n) is 8.99. The highest BCUT2D eigenvalue weighted by Gasteiger charge is 2.27. The third-order valence-electron chi connectivity index (χ3n) is 6.18. The average Bonchev–Trinajstić information content (AvgIpc) is 3.46. The average molecular weight is 454 g/mol. The molecule has 1 saturated carbocycles. The maximum absolute atomic E-state index is 13.9. The number of aromatic nitrogens is 2. The van der Waals surface area contributed by atoms with Crippen LogP contribution in [-0.2, 0) is 17.6 Å². The van der Waals surface area contributed by atoms with E-state index in [4.69, 9.17) is 4.98 Å². The van der Waals surface area contributed by atoms with Gasteiger partial charge in [0.2, 0.25) is 5.91 Å². The molecule has 5 nitrogen and oxygen atoms in total. The van der Waals surface area contributed by atoms with Gasteiger partial charge in [-0.15, -0.1) is 11.3 Å². The summed E-state index contributed by atoms with van der Waals surface area (Å²) in [6, 6.07) is 6.47. The first kappa shape index (κ1) is 20.8. The van der Waals surface area contributed by atoms with Crippen molar-refractivity contribution < 1.29 is 4.79 Å². The van der Waals surface area contributed by atoms with Gasteiger partial charge in [0, 0.05) is 10.9 Å². The van der Waals surface area contributed by atoms with Crippen molar-refractivity contribution in [2.75, 3.05) is 5.75 Å². The minimum absolute atomic E-state index is 0.00384. The van der Waals surface area contributed by atoms with Crippen molar-refractivity contribution in [2.45, 2.75) is 64.1 Å². The molecule has 2 aliphatic carbocycles. The molecule has 7 heteroatoms. The van der Waals surface area contributed by atoms with Gasteiger partial charge in [-0.1, -0.05) is 30.8 Å². The molecule has 0 spiro atoms. The number of amides is 1. The molecule has 5 rings (SSSR count). The molecule has 2 aromatic heterocycles. The summed E-state index contributed by atoms with van der Waals surface area (Å²) < 4.78 is 1.74. The van der Waals surface area contributed by atoms with Gasteiger partial charge in [0.25, 0.3) is 5.56 Å². The summed E-state index contributed by atoms with van der Waals surface area (Å²) >= 11 is 3.02. The molecular formula is C24H27N3O2S2. The number of thiophene rings is 1. The lowest BCUT2D eigenvalue weighted by Crippen LogP contribution is -2.28. The summed E-state index contributed by atoms with van der Waals surface area (Å²) in [5.41, 5.74) is 4.16. The van der Waals surface area contributed by atoms with Crippen LogP contribution in [0.1, 0.15) is 47.8 Å². The van der Waals surface area contributed by atoms with E-state index < -0.39 is 0 Å². The number of rotatable bonds is 5. The van der Waals surface area contributed by atoms with Crippen LogP contribution in [0.25, 0.3) is 15.9 Å². The van der Waals surface area contributed by atoms with Crippen LogP contribution < -0.4 is 10.9 Å². The predicted octanol–water partition coefficient (Wildman–Crippen LogP) is 4.56. The van der Waals surface area contributed by atoms with Gasteiger partial charge in [-0.3, -0.25) is 14.2 Å². The number of nitrogens with one attached hydrogen (secondary N) is 1. The largest absolute Gasteiger partial charge is 0.353 e. The second kappa shape index (κ2) is 8.10. The number of hydrogen-bond acceptors (Lipinski definition) is 5. The van der Waals surface area contributed by atoms with Gasteiger partial charge in [0.1, 0.15) is 4.83 Å². The summed E-state index contributed by atoms with van der Waals surface area (Å²) in [5, 5.41) is 4.41. The predicted molar refractivity (Wildman–Crippen MR) is 128 cm³/mol. The Morgan fingerprint density at radius 3 is 2.87 bits per heavy atom. The van der Waals surface area contributed by atoms with Gasteiger partial charge in [-0.25, -0.2) is 4.98 Å². The Bertz CT molecular complexity index is 1240. The monoisotopic (exact) mass is 453 g/mol. The van der Waals surface area contributed by atoms with E-state index in [1.165, 1.54) is 22.2 Å². The third kappa shape index (κ3) is 4.05. The summed E-state index contributed by atoms with van der Waals surface area (Å²) in [4.78, 5) is 33.3. The lowest BCUT2D eigenvalue weighted by molar-refractivity contribution is -0.118. The molecule has 162 valence electrons. The van der Waals surface area contributed by atoms with Gasteiger partial charge >= 0.3 is 0 Å². The highest BCUT2D eigenvalue weighted by Crippen LogP contribution is 2.37. The molecule has 1 N–H and O–H groups in total. The van der Waals surface area contributed by atoms with E-state index in [2.05, 4.69) is 18.3 Å². The number of thioether (sulfide) groups is 1. The first-order valence-electron chi connectivity index (χ1n) is 11.0. The molecule has 0 unspecified atom stereocenters. The Morgan fingerprint density at radius 1 is 1.29 bits per heavy atom. The van der Waals surface area contributed by atoms with Crippen LogP contribution in [0.5, 0.6) is 0 Å². The van der Waals surface area contributed by atoms with Gasteiger partial charge in [-0.05, 0) is 74.6 Å². The number of hydrogen-bond donors (Lipinski definition) is 1. The quantitative estimate of drug-likeness (QED) is 0.454.